The van der Waals surface area contributed by atoms with Crippen LogP contribution in [0.25, 0.3) is 0 Å². The fraction of sp³-hybridized carbons (Fsp3) is 0.556. The van der Waals surface area contributed by atoms with Gasteiger partial charge in [-0.15, -0.1) is 5.10 Å². The third kappa shape index (κ3) is 2.04. The Morgan fingerprint density at radius 2 is 2.31 bits per heavy atom. The average Bonchev–Trinajstić information content (AvgIpc) is 2.81. The first-order chi connectivity index (χ1) is 7.70. The van der Waals surface area contributed by atoms with Gasteiger partial charge in [0.05, 0.1) is 6.20 Å². The number of hydrogen-bond donors (Lipinski definition) is 1. The van der Waals surface area contributed by atoms with Gasteiger partial charge in [0.15, 0.2) is 0 Å². The van der Waals surface area contributed by atoms with Crippen LogP contribution in [0, 0.1) is 0 Å². The predicted molar refractivity (Wildman–Crippen MR) is 56.2 cm³/mol. The lowest BCUT2D eigenvalue weighted by atomic mass is 10.0. The molecule has 0 aliphatic carbocycles. The highest BCUT2D eigenvalue weighted by Crippen LogP contribution is 2.20. The molecule has 1 unspecified atom stereocenters. The first kappa shape index (κ1) is 11.0. The lowest BCUT2D eigenvalue weighted by Gasteiger charge is -2.32. The molecule has 7 heteroatoms. The second-order valence-corrected chi connectivity index (χ2v) is 4.42. The van der Waals surface area contributed by atoms with E-state index in [2.05, 4.69) is 9.59 Å². The highest BCUT2D eigenvalue weighted by Gasteiger charge is 2.33. The van der Waals surface area contributed by atoms with Crippen molar-refractivity contribution in [3.05, 3.63) is 11.1 Å². The van der Waals surface area contributed by atoms with Gasteiger partial charge in [0.1, 0.15) is 10.9 Å². The Morgan fingerprint density at radius 3 is 2.94 bits per heavy atom. The minimum absolute atomic E-state index is 0.276. The molecule has 6 nitrogen and oxygen atoms in total. The van der Waals surface area contributed by atoms with Crippen molar-refractivity contribution in [2.75, 3.05) is 6.54 Å². The van der Waals surface area contributed by atoms with Crippen molar-refractivity contribution in [2.45, 2.75) is 25.3 Å². The van der Waals surface area contributed by atoms with Crippen LogP contribution in [-0.4, -0.2) is 44.1 Å². The molecule has 1 aliphatic rings. The smallest absolute Gasteiger partial charge is 0.326 e. The lowest BCUT2D eigenvalue weighted by Crippen LogP contribution is -2.47. The van der Waals surface area contributed by atoms with Crippen LogP contribution in [0.3, 0.4) is 0 Å². The van der Waals surface area contributed by atoms with Crippen molar-refractivity contribution in [1.82, 2.24) is 14.5 Å². The van der Waals surface area contributed by atoms with Gasteiger partial charge < -0.3 is 10.0 Å². The third-order valence-corrected chi connectivity index (χ3v) is 3.27. The van der Waals surface area contributed by atoms with Gasteiger partial charge in [-0.05, 0) is 30.8 Å². The molecule has 1 atom stereocenters. The van der Waals surface area contributed by atoms with Gasteiger partial charge in [0, 0.05) is 6.54 Å². The molecule has 86 valence electrons. The molecule has 1 fully saturated rings. The molecule has 2 rings (SSSR count). The number of carboxylic acids is 1. The first-order valence-corrected chi connectivity index (χ1v) is 5.78. The van der Waals surface area contributed by atoms with E-state index in [-0.39, 0.29) is 5.91 Å². The number of likely N-dealkylation sites (tertiary alicyclic amines) is 1. The predicted octanol–water partition coefficient (Wildman–Crippen LogP) is 0.617. The number of rotatable bonds is 2. The minimum Gasteiger partial charge on any atom is -0.480 e. The third-order valence-electron chi connectivity index (χ3n) is 2.62. The number of carboxylic acid groups (broad SMARTS) is 1. The molecule has 1 amide bonds. The number of piperidine rings is 1. The summed E-state index contributed by atoms with van der Waals surface area (Å²) in [6.07, 6.45) is 3.59. The minimum atomic E-state index is -0.939. The van der Waals surface area contributed by atoms with Gasteiger partial charge in [0.25, 0.3) is 5.91 Å². The van der Waals surface area contributed by atoms with Crippen molar-refractivity contribution in [3.8, 4) is 0 Å². The van der Waals surface area contributed by atoms with Gasteiger partial charge in [-0.25, -0.2) is 4.79 Å². The Labute approximate surface area is 96.0 Å². The van der Waals surface area contributed by atoms with Crippen LogP contribution in [0.2, 0.25) is 0 Å². The molecule has 0 radical (unpaired) electrons. The summed E-state index contributed by atoms with van der Waals surface area (Å²) < 4.78 is 3.60. The molecular weight excluding hydrogens is 230 g/mol. The van der Waals surface area contributed by atoms with Gasteiger partial charge in [-0.3, -0.25) is 4.79 Å². The summed E-state index contributed by atoms with van der Waals surface area (Å²) in [5.41, 5.74) is 0. The number of hydrogen-bond acceptors (Lipinski definition) is 5. The van der Waals surface area contributed by atoms with Crippen molar-refractivity contribution in [2.24, 2.45) is 0 Å². The van der Waals surface area contributed by atoms with E-state index in [1.165, 1.54) is 11.1 Å². The molecule has 0 spiro atoms. The number of amides is 1. The van der Waals surface area contributed by atoms with E-state index in [9.17, 15) is 9.59 Å². The van der Waals surface area contributed by atoms with Crippen LogP contribution in [0.5, 0.6) is 0 Å². The van der Waals surface area contributed by atoms with Crippen LogP contribution < -0.4 is 0 Å². The van der Waals surface area contributed by atoms with Crippen molar-refractivity contribution >= 4 is 23.4 Å². The van der Waals surface area contributed by atoms with Gasteiger partial charge >= 0.3 is 5.97 Å². The molecular formula is C9H11N3O3S. The topological polar surface area (TPSA) is 83.4 Å². The van der Waals surface area contributed by atoms with Crippen LogP contribution in [0.1, 0.15) is 28.9 Å². The maximum Gasteiger partial charge on any atom is 0.326 e. The Kier molecular flexibility index (Phi) is 3.14. The Hall–Kier alpha value is -1.50. The van der Waals surface area contributed by atoms with E-state index in [1.807, 2.05) is 0 Å². The first-order valence-electron chi connectivity index (χ1n) is 5.01. The van der Waals surface area contributed by atoms with Crippen molar-refractivity contribution < 1.29 is 14.7 Å². The fourth-order valence-corrected chi connectivity index (χ4v) is 2.31. The normalized spacial score (nSPS) is 20.8. The second-order valence-electron chi connectivity index (χ2n) is 3.63. The second kappa shape index (κ2) is 4.56. The molecule has 16 heavy (non-hydrogen) atoms. The number of nitrogens with zero attached hydrogens (tertiary/aromatic N) is 3. The van der Waals surface area contributed by atoms with Crippen molar-refractivity contribution in [1.29, 1.82) is 0 Å². The Balaban J connectivity index is 2.17. The van der Waals surface area contributed by atoms with E-state index in [0.29, 0.717) is 17.8 Å². The zero-order chi connectivity index (χ0) is 11.5. The largest absolute Gasteiger partial charge is 0.480 e. The van der Waals surface area contributed by atoms with E-state index in [0.717, 1.165) is 24.4 Å². The van der Waals surface area contributed by atoms with Gasteiger partial charge in [-0.1, -0.05) is 4.49 Å². The van der Waals surface area contributed by atoms with E-state index < -0.39 is 12.0 Å². The summed E-state index contributed by atoms with van der Waals surface area (Å²) in [6, 6.07) is -0.705. The van der Waals surface area contributed by atoms with E-state index >= 15 is 0 Å². The maximum atomic E-state index is 12.0. The zero-order valence-corrected chi connectivity index (χ0v) is 9.31. The zero-order valence-electron chi connectivity index (χ0n) is 8.50. The Morgan fingerprint density at radius 1 is 1.50 bits per heavy atom. The van der Waals surface area contributed by atoms with Crippen molar-refractivity contribution in [3.63, 3.8) is 0 Å². The summed E-state index contributed by atoms with van der Waals surface area (Å²) in [5.74, 6) is -1.22. The van der Waals surface area contributed by atoms with Gasteiger partial charge in [0.2, 0.25) is 0 Å². The maximum absolute atomic E-state index is 12.0. The lowest BCUT2D eigenvalue weighted by molar-refractivity contribution is -0.143. The molecule has 1 aromatic rings. The molecule has 1 aromatic heterocycles. The molecule has 1 saturated heterocycles. The monoisotopic (exact) mass is 241 g/mol. The summed E-state index contributed by atoms with van der Waals surface area (Å²) in [6.45, 7) is 0.494. The molecule has 1 N–H and O–H groups in total. The summed E-state index contributed by atoms with van der Waals surface area (Å²) >= 11 is 0.993. The number of carbonyl (C=O) groups is 2. The molecule has 1 aliphatic heterocycles. The quantitative estimate of drug-likeness (QED) is 0.820. The van der Waals surface area contributed by atoms with Crippen LogP contribution in [-0.2, 0) is 4.79 Å². The number of aliphatic carboxylic acids is 1. The highest BCUT2D eigenvalue weighted by molar-refractivity contribution is 7.07. The highest BCUT2D eigenvalue weighted by atomic mass is 32.1. The van der Waals surface area contributed by atoms with Gasteiger partial charge in [-0.2, -0.15) is 0 Å². The molecule has 0 aromatic carbocycles. The summed E-state index contributed by atoms with van der Waals surface area (Å²) in [5, 5.41) is 12.6. The number of aromatic nitrogens is 2. The standard InChI is InChI=1S/C9H11N3O3S/c13-8(7-5-10-11-16-7)12-4-2-1-3-6(12)9(14)15/h5-6H,1-4H2,(H,14,15). The molecule has 0 bridgehead atoms. The van der Waals surface area contributed by atoms with E-state index in [1.54, 1.807) is 0 Å². The fourth-order valence-electron chi connectivity index (χ4n) is 1.83. The SMILES string of the molecule is O=C(O)C1CCCCN1C(=O)c1cnns1. The number of carbonyl (C=O) groups excluding carboxylic acids is 1. The van der Waals surface area contributed by atoms with E-state index in [4.69, 9.17) is 5.11 Å². The van der Waals surface area contributed by atoms with Crippen LogP contribution >= 0.6 is 11.5 Å². The summed E-state index contributed by atoms with van der Waals surface area (Å²) in [7, 11) is 0. The molecule has 0 saturated carbocycles. The Bertz CT molecular complexity index is 393. The average molecular weight is 241 g/mol. The van der Waals surface area contributed by atoms with Crippen LogP contribution in [0.4, 0.5) is 0 Å². The molecule has 2 heterocycles. The van der Waals surface area contributed by atoms with Crippen LogP contribution in [0.15, 0.2) is 6.20 Å². The summed E-state index contributed by atoms with van der Waals surface area (Å²) in [4.78, 5) is 24.8.